The minimum absolute atomic E-state index is 0.288. The number of hydrogen-bond acceptors (Lipinski definition) is 4. The van der Waals surface area contributed by atoms with Crippen LogP contribution >= 0.6 is 0 Å². The molecule has 2 aromatic heterocycles. The third-order valence-electron chi connectivity index (χ3n) is 4.24. The normalized spacial score (nSPS) is 11.0. The lowest BCUT2D eigenvalue weighted by Gasteiger charge is -2.04. The molecule has 7 heteroatoms. The number of hydrogen-bond donors (Lipinski definition) is 1. The first kappa shape index (κ1) is 16.2. The Morgan fingerprint density at radius 2 is 1.77 bits per heavy atom. The van der Waals surface area contributed by atoms with Gasteiger partial charge in [0.25, 0.3) is 0 Å². The van der Waals surface area contributed by atoms with Crippen LogP contribution in [0.15, 0.2) is 61.1 Å². The van der Waals surface area contributed by atoms with E-state index in [2.05, 4.69) is 15.3 Å². The molecule has 0 saturated carbocycles. The van der Waals surface area contributed by atoms with Crippen molar-refractivity contribution in [2.45, 2.75) is 6.54 Å². The fourth-order valence-corrected chi connectivity index (χ4v) is 2.84. The van der Waals surface area contributed by atoms with Crippen molar-refractivity contribution in [3.05, 3.63) is 72.4 Å². The molecule has 0 spiro atoms. The Labute approximate surface area is 149 Å². The molecule has 0 fully saturated rings. The van der Waals surface area contributed by atoms with Gasteiger partial charge in [0.05, 0.1) is 6.33 Å². The third-order valence-corrected chi connectivity index (χ3v) is 4.24. The van der Waals surface area contributed by atoms with E-state index in [1.807, 2.05) is 42.1 Å². The van der Waals surface area contributed by atoms with Gasteiger partial charge in [-0.15, -0.1) is 5.10 Å². The van der Waals surface area contributed by atoms with E-state index in [4.69, 9.17) is 5.73 Å². The highest BCUT2D eigenvalue weighted by Crippen LogP contribution is 2.29. The molecule has 0 atom stereocenters. The summed E-state index contributed by atoms with van der Waals surface area (Å²) in [6.45, 7) is 0.511. The second-order valence-electron chi connectivity index (χ2n) is 5.95. The smallest absolute Gasteiger partial charge is 0.123 e. The first-order chi connectivity index (χ1) is 12.7. The minimum Gasteiger partial charge on any atom is -0.326 e. The highest BCUT2D eigenvalue weighted by molar-refractivity contribution is 5.75. The summed E-state index contributed by atoms with van der Waals surface area (Å²) < 4.78 is 16.8. The Balaban J connectivity index is 1.73. The zero-order chi connectivity index (χ0) is 18.1. The lowest BCUT2D eigenvalue weighted by atomic mass is 10.1. The molecule has 2 N–H and O–H groups in total. The van der Waals surface area contributed by atoms with Crippen molar-refractivity contribution in [1.29, 1.82) is 0 Å². The van der Waals surface area contributed by atoms with Crippen LogP contribution in [0.4, 0.5) is 4.39 Å². The van der Waals surface area contributed by atoms with Gasteiger partial charge in [0, 0.05) is 31.0 Å². The predicted octanol–water partition coefficient (Wildman–Crippen LogP) is 2.93. The molecule has 0 aliphatic rings. The lowest BCUT2D eigenvalue weighted by Crippen LogP contribution is -1.97. The van der Waals surface area contributed by atoms with Crippen LogP contribution in [0.5, 0.6) is 0 Å². The standard InChI is InChI=1S/C19H17FN6/c1-25-19(18(23-24-25)14-4-6-15(20)7-5-14)17-11-26(12-22-17)16-8-2-13(10-21)3-9-16/h2-9,11-12H,10,21H2,1H3. The Bertz CT molecular complexity index is 1030. The van der Waals surface area contributed by atoms with Crippen LogP contribution in [0.3, 0.4) is 0 Å². The summed E-state index contributed by atoms with van der Waals surface area (Å²) in [5.74, 6) is -0.288. The summed E-state index contributed by atoms with van der Waals surface area (Å²) in [5, 5.41) is 8.33. The summed E-state index contributed by atoms with van der Waals surface area (Å²) >= 11 is 0. The van der Waals surface area contributed by atoms with Gasteiger partial charge < -0.3 is 10.3 Å². The Morgan fingerprint density at radius 3 is 2.46 bits per heavy atom. The van der Waals surface area contributed by atoms with Gasteiger partial charge in [-0.25, -0.2) is 14.1 Å². The van der Waals surface area contributed by atoms with Crippen LogP contribution in [-0.2, 0) is 13.6 Å². The van der Waals surface area contributed by atoms with E-state index in [1.165, 1.54) is 12.1 Å². The van der Waals surface area contributed by atoms with Crippen molar-refractivity contribution in [1.82, 2.24) is 24.5 Å². The molecule has 6 nitrogen and oxygen atoms in total. The Kier molecular flexibility index (Phi) is 4.06. The molecule has 0 aliphatic carbocycles. The van der Waals surface area contributed by atoms with E-state index in [0.29, 0.717) is 12.2 Å². The fraction of sp³-hybridized carbons (Fsp3) is 0.105. The van der Waals surface area contributed by atoms with Gasteiger partial charge in [-0.05, 0) is 42.0 Å². The quantitative estimate of drug-likeness (QED) is 0.615. The number of aromatic nitrogens is 5. The first-order valence-electron chi connectivity index (χ1n) is 8.15. The zero-order valence-electron chi connectivity index (χ0n) is 14.2. The Morgan fingerprint density at radius 1 is 1.04 bits per heavy atom. The zero-order valence-corrected chi connectivity index (χ0v) is 14.2. The van der Waals surface area contributed by atoms with E-state index in [0.717, 1.165) is 28.2 Å². The number of nitrogens with zero attached hydrogens (tertiary/aromatic N) is 5. The number of benzene rings is 2. The molecule has 0 unspecified atom stereocenters. The third kappa shape index (κ3) is 2.89. The molecule has 0 amide bonds. The van der Waals surface area contributed by atoms with Crippen molar-refractivity contribution in [2.24, 2.45) is 12.8 Å². The summed E-state index contributed by atoms with van der Waals surface area (Å²) in [4.78, 5) is 4.51. The topological polar surface area (TPSA) is 74.5 Å². The molecule has 2 aromatic carbocycles. The second-order valence-corrected chi connectivity index (χ2v) is 5.95. The number of rotatable bonds is 4. The van der Waals surface area contributed by atoms with E-state index in [9.17, 15) is 4.39 Å². The van der Waals surface area contributed by atoms with Crippen LogP contribution in [0, 0.1) is 5.82 Å². The van der Waals surface area contributed by atoms with Crippen molar-refractivity contribution in [3.63, 3.8) is 0 Å². The van der Waals surface area contributed by atoms with E-state index >= 15 is 0 Å². The molecular weight excluding hydrogens is 331 g/mol. The van der Waals surface area contributed by atoms with Gasteiger partial charge in [-0.2, -0.15) is 0 Å². The summed E-state index contributed by atoms with van der Waals surface area (Å²) in [5.41, 5.74) is 10.7. The summed E-state index contributed by atoms with van der Waals surface area (Å²) in [7, 11) is 1.81. The molecule has 0 radical (unpaired) electrons. The minimum atomic E-state index is -0.288. The molecule has 4 rings (SSSR count). The summed E-state index contributed by atoms with van der Waals surface area (Å²) in [6, 6.07) is 14.2. The fourth-order valence-electron chi connectivity index (χ4n) is 2.84. The average molecular weight is 348 g/mol. The van der Waals surface area contributed by atoms with Gasteiger partial charge >= 0.3 is 0 Å². The van der Waals surface area contributed by atoms with Gasteiger partial charge in [0.15, 0.2) is 0 Å². The lowest BCUT2D eigenvalue weighted by molar-refractivity contribution is 0.628. The number of halogens is 1. The predicted molar refractivity (Wildman–Crippen MR) is 96.8 cm³/mol. The van der Waals surface area contributed by atoms with Crippen molar-refractivity contribution < 1.29 is 4.39 Å². The van der Waals surface area contributed by atoms with E-state index < -0.39 is 0 Å². The molecule has 0 aliphatic heterocycles. The maximum absolute atomic E-state index is 13.2. The van der Waals surface area contributed by atoms with Gasteiger partial charge in [-0.3, -0.25) is 0 Å². The van der Waals surface area contributed by atoms with Gasteiger partial charge in [-0.1, -0.05) is 17.3 Å². The van der Waals surface area contributed by atoms with E-state index in [-0.39, 0.29) is 5.82 Å². The number of nitrogens with two attached hydrogens (primary N) is 1. The molecular formula is C19H17FN6. The van der Waals surface area contributed by atoms with Crippen LogP contribution in [0.25, 0.3) is 28.3 Å². The van der Waals surface area contributed by atoms with Gasteiger partial charge in [0.1, 0.15) is 22.9 Å². The van der Waals surface area contributed by atoms with Crippen molar-refractivity contribution in [2.75, 3.05) is 0 Å². The molecule has 130 valence electrons. The first-order valence-corrected chi connectivity index (χ1v) is 8.15. The van der Waals surface area contributed by atoms with Crippen LogP contribution in [0.1, 0.15) is 5.56 Å². The Hall–Kier alpha value is -3.32. The average Bonchev–Trinajstić information content (AvgIpc) is 3.29. The largest absolute Gasteiger partial charge is 0.326 e. The van der Waals surface area contributed by atoms with Crippen LogP contribution in [-0.4, -0.2) is 24.5 Å². The van der Waals surface area contributed by atoms with Gasteiger partial charge in [0.2, 0.25) is 0 Å². The maximum atomic E-state index is 13.2. The highest BCUT2D eigenvalue weighted by Gasteiger charge is 2.17. The number of imidazole rings is 1. The molecule has 0 bridgehead atoms. The maximum Gasteiger partial charge on any atom is 0.123 e. The SMILES string of the molecule is Cn1nnc(-c2ccc(F)cc2)c1-c1cn(-c2ccc(CN)cc2)cn1. The second kappa shape index (κ2) is 6.53. The molecule has 26 heavy (non-hydrogen) atoms. The highest BCUT2D eigenvalue weighted by atomic mass is 19.1. The molecule has 4 aromatic rings. The molecule has 0 saturated heterocycles. The monoisotopic (exact) mass is 348 g/mol. The summed E-state index contributed by atoms with van der Waals surface area (Å²) in [6.07, 6.45) is 3.66. The van der Waals surface area contributed by atoms with Crippen LogP contribution in [0.2, 0.25) is 0 Å². The van der Waals surface area contributed by atoms with E-state index in [1.54, 1.807) is 23.1 Å². The van der Waals surface area contributed by atoms with Crippen molar-refractivity contribution in [3.8, 4) is 28.3 Å². The van der Waals surface area contributed by atoms with Crippen LogP contribution < -0.4 is 5.73 Å². The van der Waals surface area contributed by atoms with Crippen molar-refractivity contribution >= 4 is 0 Å². The number of aryl methyl sites for hydroxylation is 1. The molecule has 2 heterocycles.